The van der Waals surface area contributed by atoms with E-state index in [1.165, 1.54) is 7.11 Å². The molecule has 2 amide bonds. The maximum absolute atomic E-state index is 11.9. The molecule has 0 unspecified atom stereocenters. The van der Waals surface area contributed by atoms with Crippen LogP contribution in [-0.4, -0.2) is 38.2 Å². The molecule has 0 radical (unpaired) electrons. The van der Waals surface area contributed by atoms with Crippen molar-refractivity contribution in [2.75, 3.05) is 25.6 Å². The molecule has 108 valence electrons. The normalized spacial score (nSPS) is 18.3. The van der Waals surface area contributed by atoms with Crippen LogP contribution in [0, 0.1) is 0 Å². The fourth-order valence-corrected chi connectivity index (χ4v) is 2.04. The van der Waals surface area contributed by atoms with Crippen LogP contribution in [0.2, 0.25) is 5.02 Å². The van der Waals surface area contributed by atoms with E-state index in [9.17, 15) is 9.59 Å². The van der Waals surface area contributed by atoms with E-state index in [-0.39, 0.29) is 18.2 Å². The highest BCUT2D eigenvalue weighted by molar-refractivity contribution is 6.31. The quantitative estimate of drug-likeness (QED) is 0.875. The molecule has 1 heterocycles. The molecule has 2 rings (SSSR count). The van der Waals surface area contributed by atoms with Gasteiger partial charge in [-0.2, -0.15) is 0 Å². The molecule has 0 aromatic heterocycles. The topological polar surface area (TPSA) is 76.7 Å². The van der Waals surface area contributed by atoms with Crippen LogP contribution in [0.15, 0.2) is 18.2 Å². The van der Waals surface area contributed by atoms with E-state index in [0.717, 1.165) is 0 Å². The van der Waals surface area contributed by atoms with Crippen LogP contribution in [-0.2, 0) is 14.3 Å². The first-order chi connectivity index (χ1) is 9.60. The number of methoxy groups -OCH3 is 1. The van der Waals surface area contributed by atoms with Gasteiger partial charge in [-0.15, -0.1) is 0 Å². The molecule has 1 atom stereocenters. The van der Waals surface area contributed by atoms with Gasteiger partial charge in [-0.05, 0) is 18.2 Å². The van der Waals surface area contributed by atoms with Crippen LogP contribution in [0.25, 0.3) is 0 Å². The van der Waals surface area contributed by atoms with Crippen LogP contribution in [0.3, 0.4) is 0 Å². The lowest BCUT2D eigenvalue weighted by atomic mass is 10.2. The van der Waals surface area contributed by atoms with Gasteiger partial charge >= 0.3 is 0 Å². The molecule has 2 N–H and O–H groups in total. The lowest BCUT2D eigenvalue weighted by Crippen LogP contribution is -2.45. The van der Waals surface area contributed by atoms with Crippen molar-refractivity contribution in [3.05, 3.63) is 23.2 Å². The Balaban J connectivity index is 2.00. The highest BCUT2D eigenvalue weighted by Gasteiger charge is 2.25. The summed E-state index contributed by atoms with van der Waals surface area (Å²) in [6.45, 7) is 0.878. The van der Waals surface area contributed by atoms with Crippen LogP contribution in [0.4, 0.5) is 5.69 Å². The van der Waals surface area contributed by atoms with Crippen LogP contribution in [0.1, 0.15) is 6.42 Å². The van der Waals surface area contributed by atoms with Gasteiger partial charge in [-0.25, -0.2) is 0 Å². The van der Waals surface area contributed by atoms with Crippen molar-refractivity contribution in [2.45, 2.75) is 12.5 Å². The molecule has 1 aromatic rings. The number of anilines is 1. The third kappa shape index (κ3) is 3.61. The van der Waals surface area contributed by atoms with Gasteiger partial charge in [0.25, 0.3) is 0 Å². The number of benzene rings is 1. The molecule has 0 spiro atoms. The third-order valence-corrected chi connectivity index (χ3v) is 3.05. The third-order valence-electron chi connectivity index (χ3n) is 2.82. The second-order valence-corrected chi connectivity index (χ2v) is 4.68. The predicted molar refractivity (Wildman–Crippen MR) is 74.0 cm³/mol. The summed E-state index contributed by atoms with van der Waals surface area (Å²) < 4.78 is 10.4. The van der Waals surface area contributed by atoms with Gasteiger partial charge < -0.3 is 20.1 Å². The van der Waals surface area contributed by atoms with Crippen LogP contribution >= 0.6 is 11.6 Å². The number of nitrogens with one attached hydrogen (secondary N) is 2. The van der Waals surface area contributed by atoms with Crippen molar-refractivity contribution >= 4 is 29.1 Å². The number of hydrogen-bond donors (Lipinski definition) is 2. The number of carbonyl (C=O) groups excluding carboxylic acids is 2. The lowest BCUT2D eigenvalue weighted by molar-refractivity contribution is -0.141. The number of morpholine rings is 1. The SMILES string of the molecule is COc1ccc(Cl)cc1NC(=O)C[C@H]1OCCNC1=O. The maximum Gasteiger partial charge on any atom is 0.249 e. The van der Waals surface area contributed by atoms with Gasteiger partial charge in [0.15, 0.2) is 0 Å². The summed E-state index contributed by atoms with van der Waals surface area (Å²) in [5.74, 6) is -0.117. The zero-order valence-electron chi connectivity index (χ0n) is 10.9. The number of ether oxygens (including phenoxy) is 2. The van der Waals surface area contributed by atoms with Crippen molar-refractivity contribution in [3.63, 3.8) is 0 Å². The molecule has 0 saturated carbocycles. The summed E-state index contributed by atoms with van der Waals surface area (Å²) >= 11 is 5.88. The Morgan fingerprint density at radius 2 is 2.40 bits per heavy atom. The van der Waals surface area contributed by atoms with E-state index in [1.807, 2.05) is 0 Å². The number of rotatable bonds is 4. The van der Waals surface area contributed by atoms with Crippen LogP contribution < -0.4 is 15.4 Å². The number of hydrogen-bond acceptors (Lipinski definition) is 4. The van der Waals surface area contributed by atoms with Crippen molar-refractivity contribution in [1.29, 1.82) is 0 Å². The summed E-state index contributed by atoms with van der Waals surface area (Å²) in [6.07, 6.45) is -0.810. The zero-order chi connectivity index (χ0) is 14.5. The van der Waals surface area contributed by atoms with Gasteiger partial charge in [0.2, 0.25) is 11.8 Å². The molecule has 1 aromatic carbocycles. The molecule has 20 heavy (non-hydrogen) atoms. The standard InChI is InChI=1S/C13H15ClN2O4/c1-19-10-3-2-8(14)6-9(10)16-12(17)7-11-13(18)15-4-5-20-11/h2-3,6,11H,4-5,7H2,1H3,(H,15,18)(H,16,17)/t11-/m1/s1. The molecule has 1 aliphatic rings. The second-order valence-electron chi connectivity index (χ2n) is 4.25. The smallest absolute Gasteiger partial charge is 0.249 e. The minimum atomic E-state index is -0.756. The second kappa shape index (κ2) is 6.58. The van der Waals surface area contributed by atoms with E-state index in [1.54, 1.807) is 18.2 Å². The molecular formula is C13H15ClN2O4. The van der Waals surface area contributed by atoms with Crippen molar-refractivity contribution in [1.82, 2.24) is 5.32 Å². The minimum absolute atomic E-state index is 0.0541. The Morgan fingerprint density at radius 1 is 1.60 bits per heavy atom. The van der Waals surface area contributed by atoms with Crippen LogP contribution in [0.5, 0.6) is 5.75 Å². The molecular weight excluding hydrogens is 284 g/mol. The summed E-state index contributed by atoms with van der Waals surface area (Å²) in [4.78, 5) is 23.4. The fourth-order valence-electron chi connectivity index (χ4n) is 1.86. The van der Waals surface area contributed by atoms with Gasteiger partial charge in [-0.3, -0.25) is 9.59 Å². The molecule has 6 nitrogen and oxygen atoms in total. The van der Waals surface area contributed by atoms with E-state index in [2.05, 4.69) is 10.6 Å². The Bertz CT molecular complexity index is 521. The van der Waals surface area contributed by atoms with E-state index >= 15 is 0 Å². The predicted octanol–water partition coefficient (Wildman–Crippen LogP) is 1.19. The average Bonchev–Trinajstić information content (AvgIpc) is 2.41. The first kappa shape index (κ1) is 14.6. The maximum atomic E-state index is 11.9. The van der Waals surface area contributed by atoms with Gasteiger partial charge in [0.05, 0.1) is 25.8 Å². The summed E-state index contributed by atoms with van der Waals surface area (Å²) in [7, 11) is 1.50. The van der Waals surface area contributed by atoms with E-state index in [0.29, 0.717) is 29.6 Å². The molecule has 1 aliphatic heterocycles. The molecule has 0 bridgehead atoms. The molecule has 1 fully saturated rings. The molecule has 7 heteroatoms. The largest absolute Gasteiger partial charge is 0.495 e. The van der Waals surface area contributed by atoms with E-state index < -0.39 is 6.10 Å². The number of halogens is 1. The van der Waals surface area contributed by atoms with Crippen molar-refractivity contribution < 1.29 is 19.1 Å². The highest BCUT2D eigenvalue weighted by atomic mass is 35.5. The van der Waals surface area contributed by atoms with Crippen molar-refractivity contribution in [3.8, 4) is 5.75 Å². The summed E-state index contributed by atoms with van der Waals surface area (Å²) in [5, 5.41) is 5.78. The lowest BCUT2D eigenvalue weighted by Gasteiger charge is -2.22. The van der Waals surface area contributed by atoms with Gasteiger partial charge in [0, 0.05) is 11.6 Å². The van der Waals surface area contributed by atoms with E-state index in [4.69, 9.17) is 21.1 Å². The number of carbonyl (C=O) groups is 2. The van der Waals surface area contributed by atoms with Gasteiger partial charge in [0.1, 0.15) is 11.9 Å². The van der Waals surface area contributed by atoms with Crippen molar-refractivity contribution in [2.24, 2.45) is 0 Å². The first-order valence-corrected chi connectivity index (χ1v) is 6.50. The average molecular weight is 299 g/mol. The Morgan fingerprint density at radius 3 is 3.10 bits per heavy atom. The monoisotopic (exact) mass is 298 g/mol. The van der Waals surface area contributed by atoms with Gasteiger partial charge in [-0.1, -0.05) is 11.6 Å². The molecule has 1 saturated heterocycles. The summed E-state index contributed by atoms with van der Waals surface area (Å²) in [5.41, 5.74) is 0.459. The Labute approximate surface area is 121 Å². The zero-order valence-corrected chi connectivity index (χ0v) is 11.7. The molecule has 0 aliphatic carbocycles. The Kier molecular flexibility index (Phi) is 4.81. The minimum Gasteiger partial charge on any atom is -0.495 e. The first-order valence-electron chi connectivity index (χ1n) is 6.13. The number of amides is 2. The Hall–Kier alpha value is -1.79. The fraction of sp³-hybridized carbons (Fsp3) is 0.385. The summed E-state index contributed by atoms with van der Waals surface area (Å²) in [6, 6.07) is 4.90. The highest BCUT2D eigenvalue weighted by Crippen LogP contribution is 2.27.